The zero-order chi connectivity index (χ0) is 15.4. The van der Waals surface area contributed by atoms with Crippen molar-refractivity contribution >= 4 is 40.6 Å². The van der Waals surface area contributed by atoms with Gasteiger partial charge in [-0.1, -0.05) is 6.07 Å². The minimum atomic E-state index is -0.434. The summed E-state index contributed by atoms with van der Waals surface area (Å²) in [5.74, 6) is 0.786. The van der Waals surface area contributed by atoms with Gasteiger partial charge in [0.1, 0.15) is 11.3 Å². The van der Waals surface area contributed by atoms with Crippen LogP contribution in [0.3, 0.4) is 0 Å². The number of aryl methyl sites for hydroxylation is 1. The summed E-state index contributed by atoms with van der Waals surface area (Å²) in [6, 6.07) is 5.17. The number of benzene rings is 1. The van der Waals surface area contributed by atoms with Crippen LogP contribution < -0.4 is 4.74 Å². The lowest BCUT2D eigenvalue weighted by Gasteiger charge is -2.07. The minimum Gasteiger partial charge on any atom is -0.496 e. The van der Waals surface area contributed by atoms with Crippen LogP contribution in [0.2, 0.25) is 0 Å². The topological polar surface area (TPSA) is 65.7 Å². The van der Waals surface area contributed by atoms with E-state index in [0.717, 1.165) is 15.0 Å². The number of carbonyl (C=O) groups excluding carboxylic acids is 1. The highest BCUT2D eigenvalue weighted by Gasteiger charge is 2.12. The maximum atomic E-state index is 11.6. The Hall–Kier alpha value is -1.90. The van der Waals surface area contributed by atoms with E-state index in [1.165, 1.54) is 14.2 Å². The number of aliphatic imine (C=N–C) groups is 1. The number of nitrogens with zero attached hydrogens (tertiary/aromatic N) is 3. The van der Waals surface area contributed by atoms with E-state index >= 15 is 0 Å². The molecule has 0 aliphatic heterocycles. The third-order valence-corrected chi connectivity index (χ3v) is 3.59. The Morgan fingerprint density at radius 2 is 2.19 bits per heavy atom. The van der Waals surface area contributed by atoms with Gasteiger partial charge < -0.3 is 9.47 Å². The summed E-state index contributed by atoms with van der Waals surface area (Å²) in [6.07, 6.45) is 3.44. The molecule has 1 heterocycles. The zero-order valence-corrected chi connectivity index (χ0v) is 14.0. The Morgan fingerprint density at radius 3 is 2.76 bits per heavy atom. The molecule has 0 fully saturated rings. The summed E-state index contributed by atoms with van der Waals surface area (Å²) in [4.78, 5) is 16.0. The van der Waals surface area contributed by atoms with Gasteiger partial charge in [0, 0.05) is 13.3 Å². The molecule has 0 unspecified atom stereocenters. The van der Waals surface area contributed by atoms with Crippen LogP contribution >= 0.6 is 22.6 Å². The molecule has 1 aromatic carbocycles. The quantitative estimate of drug-likeness (QED) is 0.451. The van der Waals surface area contributed by atoms with E-state index in [1.807, 2.05) is 7.05 Å². The van der Waals surface area contributed by atoms with Gasteiger partial charge >= 0.3 is 5.97 Å². The summed E-state index contributed by atoms with van der Waals surface area (Å²) in [5.41, 5.74) is 1.20. The molecule has 1 aromatic heterocycles. The molecule has 2 aromatic rings. The molecule has 2 rings (SSSR count). The lowest BCUT2D eigenvalue weighted by molar-refractivity contribution is 0.0597. The lowest BCUT2D eigenvalue weighted by Crippen LogP contribution is -2.04. The first-order valence-corrected chi connectivity index (χ1v) is 7.12. The van der Waals surface area contributed by atoms with E-state index in [1.54, 1.807) is 35.3 Å². The molecule has 21 heavy (non-hydrogen) atoms. The van der Waals surface area contributed by atoms with Gasteiger partial charge in [-0.05, 0) is 40.3 Å². The third-order valence-electron chi connectivity index (χ3n) is 2.83. The van der Waals surface area contributed by atoms with Gasteiger partial charge in [0.05, 0.1) is 24.0 Å². The molecule has 0 saturated heterocycles. The van der Waals surface area contributed by atoms with Crippen LogP contribution in [0.1, 0.15) is 15.9 Å². The number of carbonyl (C=O) groups is 1. The molecule has 0 aliphatic rings. The van der Waals surface area contributed by atoms with Crippen molar-refractivity contribution < 1.29 is 14.3 Å². The average Bonchev–Trinajstić information content (AvgIpc) is 2.82. The first-order valence-electron chi connectivity index (χ1n) is 6.04. The van der Waals surface area contributed by atoms with Crippen molar-refractivity contribution in [3.05, 3.63) is 39.1 Å². The van der Waals surface area contributed by atoms with Crippen molar-refractivity contribution in [2.45, 2.75) is 0 Å². The fraction of sp³-hybridized carbons (Fsp3) is 0.214. The van der Waals surface area contributed by atoms with E-state index in [-0.39, 0.29) is 0 Å². The Bertz CT molecular complexity index is 675. The van der Waals surface area contributed by atoms with Gasteiger partial charge in [-0.25, -0.2) is 9.79 Å². The van der Waals surface area contributed by atoms with Gasteiger partial charge in [-0.15, -0.1) is 0 Å². The lowest BCUT2D eigenvalue weighted by atomic mass is 10.1. The smallest absolute Gasteiger partial charge is 0.341 e. The van der Waals surface area contributed by atoms with Crippen LogP contribution in [0.25, 0.3) is 0 Å². The number of hydrogen-bond donors (Lipinski definition) is 0. The fourth-order valence-electron chi connectivity index (χ4n) is 1.75. The van der Waals surface area contributed by atoms with Crippen LogP contribution in [0.5, 0.6) is 5.75 Å². The molecule has 0 saturated carbocycles. The van der Waals surface area contributed by atoms with Crippen LogP contribution in [0, 0.1) is 3.57 Å². The molecule has 6 nitrogen and oxygen atoms in total. The molecule has 0 bridgehead atoms. The summed E-state index contributed by atoms with van der Waals surface area (Å²) in [5, 5.41) is 4.12. The van der Waals surface area contributed by atoms with Gasteiger partial charge in [-0.2, -0.15) is 5.10 Å². The SMILES string of the molecule is COC(=O)c1ccc(/C=N/c2c(I)cnn2C)cc1OC. The molecule has 0 N–H and O–H groups in total. The minimum absolute atomic E-state index is 0.382. The molecule has 0 atom stereocenters. The molecular formula is C14H14IN3O3. The number of rotatable bonds is 4. The monoisotopic (exact) mass is 399 g/mol. The van der Waals surface area contributed by atoms with E-state index < -0.39 is 5.97 Å². The Labute approximate surface area is 135 Å². The Kier molecular flexibility index (Phi) is 4.94. The largest absolute Gasteiger partial charge is 0.496 e. The standard InChI is InChI=1S/C14H14IN3O3/c1-18-13(11(15)8-17-18)16-7-9-4-5-10(14(19)21-3)12(6-9)20-2/h4-8H,1-3H3/b16-7+. The molecule has 110 valence electrons. The number of aromatic nitrogens is 2. The van der Waals surface area contributed by atoms with Gasteiger partial charge in [-0.3, -0.25) is 4.68 Å². The highest BCUT2D eigenvalue weighted by molar-refractivity contribution is 14.1. The third kappa shape index (κ3) is 3.41. The van der Waals surface area contributed by atoms with E-state index in [9.17, 15) is 4.79 Å². The van der Waals surface area contributed by atoms with Crippen LogP contribution in [-0.4, -0.2) is 36.2 Å². The number of halogens is 1. The van der Waals surface area contributed by atoms with Crippen molar-refractivity contribution in [2.24, 2.45) is 12.0 Å². The van der Waals surface area contributed by atoms with E-state index in [2.05, 4.69) is 32.7 Å². The molecule has 0 spiro atoms. The zero-order valence-electron chi connectivity index (χ0n) is 11.8. The summed E-state index contributed by atoms with van der Waals surface area (Å²) >= 11 is 2.17. The second-order valence-electron chi connectivity index (χ2n) is 4.15. The van der Waals surface area contributed by atoms with Crippen LogP contribution in [0.15, 0.2) is 29.4 Å². The van der Waals surface area contributed by atoms with Crippen molar-refractivity contribution in [1.82, 2.24) is 9.78 Å². The maximum absolute atomic E-state index is 11.6. The normalized spacial score (nSPS) is 10.9. The summed E-state index contributed by atoms with van der Waals surface area (Å²) in [6.45, 7) is 0. The van der Waals surface area contributed by atoms with Crippen molar-refractivity contribution in [3.63, 3.8) is 0 Å². The summed E-state index contributed by atoms with van der Waals surface area (Å²) in [7, 11) is 4.67. The molecule has 0 amide bonds. The fourth-order valence-corrected chi connectivity index (χ4v) is 2.36. The first kappa shape index (κ1) is 15.5. The van der Waals surface area contributed by atoms with Crippen LogP contribution in [-0.2, 0) is 11.8 Å². The van der Waals surface area contributed by atoms with Gasteiger partial charge in [0.15, 0.2) is 5.82 Å². The molecule has 0 radical (unpaired) electrons. The van der Waals surface area contributed by atoms with Crippen molar-refractivity contribution in [2.75, 3.05) is 14.2 Å². The predicted octanol–water partition coefficient (Wildman–Crippen LogP) is 2.57. The molecule has 0 aliphatic carbocycles. The van der Waals surface area contributed by atoms with Crippen molar-refractivity contribution in [1.29, 1.82) is 0 Å². The predicted molar refractivity (Wildman–Crippen MR) is 87.5 cm³/mol. The number of hydrogen-bond acceptors (Lipinski definition) is 5. The summed E-state index contributed by atoms with van der Waals surface area (Å²) < 4.78 is 12.6. The maximum Gasteiger partial charge on any atom is 0.341 e. The van der Waals surface area contributed by atoms with Crippen molar-refractivity contribution in [3.8, 4) is 5.75 Å². The molecule has 7 heteroatoms. The Balaban J connectivity index is 2.32. The van der Waals surface area contributed by atoms with Gasteiger partial charge in [0.25, 0.3) is 0 Å². The van der Waals surface area contributed by atoms with Crippen LogP contribution in [0.4, 0.5) is 5.82 Å². The second-order valence-corrected chi connectivity index (χ2v) is 5.31. The number of methoxy groups -OCH3 is 2. The highest BCUT2D eigenvalue weighted by Crippen LogP contribution is 2.22. The Morgan fingerprint density at radius 1 is 1.43 bits per heavy atom. The molecular weight excluding hydrogens is 385 g/mol. The number of ether oxygens (including phenoxy) is 2. The highest BCUT2D eigenvalue weighted by atomic mass is 127. The average molecular weight is 399 g/mol. The van der Waals surface area contributed by atoms with E-state index in [4.69, 9.17) is 9.47 Å². The van der Waals surface area contributed by atoms with Gasteiger partial charge in [0.2, 0.25) is 0 Å². The van der Waals surface area contributed by atoms with E-state index in [0.29, 0.717) is 11.3 Å². The second kappa shape index (κ2) is 6.70. The first-order chi connectivity index (χ1) is 10.1. The number of esters is 1.